The molecule has 1 aliphatic rings. The summed E-state index contributed by atoms with van der Waals surface area (Å²) < 4.78 is 5.37. The molecule has 0 spiro atoms. The van der Waals surface area contributed by atoms with Crippen molar-refractivity contribution in [1.82, 2.24) is 9.88 Å². The van der Waals surface area contributed by atoms with E-state index in [1.807, 2.05) is 30.3 Å². The van der Waals surface area contributed by atoms with Crippen molar-refractivity contribution in [3.8, 4) is 0 Å². The van der Waals surface area contributed by atoms with Gasteiger partial charge in [0.2, 0.25) is 0 Å². The molecule has 1 aromatic carbocycles. The number of pyridine rings is 1. The first kappa shape index (κ1) is 20.3. The summed E-state index contributed by atoms with van der Waals surface area (Å²) in [5.74, 6) is -0.200. The molecule has 0 atom stereocenters. The van der Waals surface area contributed by atoms with Crippen molar-refractivity contribution in [3.63, 3.8) is 0 Å². The Morgan fingerprint density at radius 2 is 1.93 bits per heavy atom. The van der Waals surface area contributed by atoms with Gasteiger partial charge in [0.15, 0.2) is 0 Å². The Kier molecular flexibility index (Phi) is 6.65. The van der Waals surface area contributed by atoms with E-state index in [1.165, 1.54) is 0 Å². The van der Waals surface area contributed by atoms with Gasteiger partial charge in [-0.1, -0.05) is 39.0 Å². The fourth-order valence-corrected chi connectivity index (χ4v) is 3.28. The number of nitrogens with one attached hydrogen (secondary N) is 2. The summed E-state index contributed by atoms with van der Waals surface area (Å²) in [5, 5.41) is 6.40. The molecule has 0 aliphatic carbocycles. The maximum absolute atomic E-state index is 12.7. The van der Waals surface area contributed by atoms with E-state index in [-0.39, 0.29) is 11.3 Å². The minimum atomic E-state index is -0.200. The molecule has 1 saturated heterocycles. The van der Waals surface area contributed by atoms with Gasteiger partial charge in [-0.2, -0.15) is 0 Å². The SMILES string of the molecule is CC(C)(C)c1ccccc1NC(=O)c1cc(NCCN2CCOCC2)ccn1. The fourth-order valence-electron chi connectivity index (χ4n) is 3.28. The Bertz CT molecular complexity index is 795. The third-order valence-corrected chi connectivity index (χ3v) is 4.84. The van der Waals surface area contributed by atoms with Gasteiger partial charge >= 0.3 is 0 Å². The lowest BCUT2D eigenvalue weighted by atomic mass is 9.86. The molecule has 6 nitrogen and oxygen atoms in total. The molecule has 3 rings (SSSR count). The Morgan fingerprint density at radius 3 is 2.68 bits per heavy atom. The Morgan fingerprint density at radius 1 is 1.18 bits per heavy atom. The number of benzene rings is 1. The van der Waals surface area contributed by atoms with Crippen LogP contribution in [-0.2, 0) is 10.2 Å². The molecule has 2 heterocycles. The zero-order valence-corrected chi connectivity index (χ0v) is 17.0. The third-order valence-electron chi connectivity index (χ3n) is 4.84. The van der Waals surface area contributed by atoms with Gasteiger partial charge in [0, 0.05) is 43.8 Å². The first-order valence-corrected chi connectivity index (χ1v) is 9.84. The number of hydrogen-bond acceptors (Lipinski definition) is 5. The second kappa shape index (κ2) is 9.17. The molecule has 6 heteroatoms. The van der Waals surface area contributed by atoms with Crippen molar-refractivity contribution in [2.45, 2.75) is 26.2 Å². The van der Waals surface area contributed by atoms with E-state index in [2.05, 4.69) is 41.3 Å². The van der Waals surface area contributed by atoms with Crippen LogP contribution in [0.4, 0.5) is 11.4 Å². The minimum Gasteiger partial charge on any atom is -0.384 e. The van der Waals surface area contributed by atoms with E-state index < -0.39 is 0 Å². The molecule has 1 amide bonds. The van der Waals surface area contributed by atoms with E-state index in [9.17, 15) is 4.79 Å². The van der Waals surface area contributed by atoms with Crippen LogP contribution in [0.1, 0.15) is 36.8 Å². The minimum absolute atomic E-state index is 0.0554. The number of ether oxygens (including phenoxy) is 1. The molecule has 2 N–H and O–H groups in total. The fraction of sp³-hybridized carbons (Fsp3) is 0.455. The Labute approximate surface area is 167 Å². The summed E-state index contributed by atoms with van der Waals surface area (Å²) in [7, 11) is 0. The lowest BCUT2D eigenvalue weighted by Gasteiger charge is -2.26. The Hall–Kier alpha value is -2.44. The van der Waals surface area contributed by atoms with Crippen LogP contribution >= 0.6 is 0 Å². The van der Waals surface area contributed by atoms with E-state index >= 15 is 0 Å². The van der Waals surface area contributed by atoms with Gasteiger partial charge in [0.1, 0.15) is 5.69 Å². The average Bonchev–Trinajstić information content (AvgIpc) is 2.69. The number of anilines is 2. The van der Waals surface area contributed by atoms with Crippen LogP contribution in [0.3, 0.4) is 0 Å². The summed E-state index contributed by atoms with van der Waals surface area (Å²) in [4.78, 5) is 19.4. The van der Waals surface area contributed by atoms with E-state index in [0.717, 1.165) is 56.3 Å². The normalized spacial score (nSPS) is 15.2. The molecule has 2 aromatic rings. The highest BCUT2D eigenvalue weighted by atomic mass is 16.5. The van der Waals surface area contributed by atoms with Crippen molar-refractivity contribution >= 4 is 17.3 Å². The highest BCUT2D eigenvalue weighted by Crippen LogP contribution is 2.29. The van der Waals surface area contributed by atoms with Crippen LogP contribution < -0.4 is 10.6 Å². The summed E-state index contributed by atoms with van der Waals surface area (Å²) in [6, 6.07) is 11.6. The molecule has 0 saturated carbocycles. The monoisotopic (exact) mass is 382 g/mol. The van der Waals surface area contributed by atoms with Gasteiger partial charge in [-0.3, -0.25) is 14.7 Å². The van der Waals surface area contributed by atoms with E-state index in [0.29, 0.717) is 5.69 Å². The highest BCUT2D eigenvalue weighted by molar-refractivity contribution is 6.03. The maximum Gasteiger partial charge on any atom is 0.274 e. The van der Waals surface area contributed by atoms with Gasteiger partial charge < -0.3 is 15.4 Å². The van der Waals surface area contributed by atoms with Gasteiger partial charge in [-0.05, 0) is 29.2 Å². The van der Waals surface area contributed by atoms with Crippen LogP contribution in [0, 0.1) is 0 Å². The van der Waals surface area contributed by atoms with Crippen LogP contribution in [0.2, 0.25) is 0 Å². The number of hydrogen-bond donors (Lipinski definition) is 2. The zero-order valence-electron chi connectivity index (χ0n) is 17.0. The molecule has 0 radical (unpaired) electrons. The molecule has 28 heavy (non-hydrogen) atoms. The first-order chi connectivity index (χ1) is 13.4. The van der Waals surface area contributed by atoms with Crippen LogP contribution in [0.25, 0.3) is 0 Å². The number of carbonyl (C=O) groups is 1. The third kappa shape index (κ3) is 5.53. The second-order valence-corrected chi connectivity index (χ2v) is 8.06. The highest BCUT2D eigenvalue weighted by Gasteiger charge is 2.19. The lowest BCUT2D eigenvalue weighted by molar-refractivity contribution is 0.0398. The van der Waals surface area contributed by atoms with E-state index in [1.54, 1.807) is 12.3 Å². The summed E-state index contributed by atoms with van der Waals surface area (Å²) >= 11 is 0. The molecule has 1 aliphatic heterocycles. The van der Waals surface area contributed by atoms with Gasteiger partial charge in [-0.25, -0.2) is 0 Å². The number of rotatable bonds is 6. The molecular weight excluding hydrogens is 352 g/mol. The standard InChI is InChI=1S/C22H30N4O2/c1-22(2,3)18-6-4-5-7-19(18)25-21(27)20-16-17(8-9-24-20)23-10-11-26-12-14-28-15-13-26/h4-9,16H,10-15H2,1-3H3,(H,23,24)(H,25,27). The molecule has 1 fully saturated rings. The van der Waals surface area contributed by atoms with Crippen molar-refractivity contribution in [2.24, 2.45) is 0 Å². The van der Waals surface area contributed by atoms with Crippen molar-refractivity contribution in [1.29, 1.82) is 0 Å². The largest absolute Gasteiger partial charge is 0.384 e. The number of carbonyl (C=O) groups excluding carboxylic acids is 1. The van der Waals surface area contributed by atoms with Gasteiger partial charge in [0.05, 0.1) is 13.2 Å². The smallest absolute Gasteiger partial charge is 0.274 e. The van der Waals surface area contributed by atoms with Crippen LogP contribution in [0.5, 0.6) is 0 Å². The van der Waals surface area contributed by atoms with Crippen molar-refractivity contribution in [2.75, 3.05) is 50.0 Å². The van der Waals surface area contributed by atoms with Crippen molar-refractivity contribution < 1.29 is 9.53 Å². The average molecular weight is 383 g/mol. The molecule has 150 valence electrons. The maximum atomic E-state index is 12.7. The van der Waals surface area contributed by atoms with Gasteiger partial charge in [-0.15, -0.1) is 0 Å². The lowest BCUT2D eigenvalue weighted by Crippen LogP contribution is -2.39. The van der Waals surface area contributed by atoms with E-state index in [4.69, 9.17) is 4.74 Å². The second-order valence-electron chi connectivity index (χ2n) is 8.06. The molecular formula is C22H30N4O2. The molecule has 1 aromatic heterocycles. The quantitative estimate of drug-likeness (QED) is 0.802. The van der Waals surface area contributed by atoms with Crippen LogP contribution in [-0.4, -0.2) is 55.2 Å². The predicted molar refractivity (Wildman–Crippen MR) is 113 cm³/mol. The molecule has 0 unspecified atom stereocenters. The number of morpholine rings is 1. The Balaban J connectivity index is 1.61. The number of amides is 1. The van der Waals surface area contributed by atoms with Gasteiger partial charge in [0.25, 0.3) is 5.91 Å². The zero-order chi connectivity index (χ0) is 20.0. The number of aromatic nitrogens is 1. The first-order valence-electron chi connectivity index (χ1n) is 9.84. The molecule has 0 bridgehead atoms. The number of nitrogens with zero attached hydrogens (tertiary/aromatic N) is 2. The van der Waals surface area contributed by atoms with Crippen molar-refractivity contribution in [3.05, 3.63) is 53.9 Å². The number of para-hydroxylation sites is 1. The summed E-state index contributed by atoms with van der Waals surface area (Å²) in [6.45, 7) is 11.7. The van der Waals surface area contributed by atoms with Crippen LogP contribution in [0.15, 0.2) is 42.6 Å². The topological polar surface area (TPSA) is 66.5 Å². The summed E-state index contributed by atoms with van der Waals surface area (Å²) in [6.07, 6.45) is 1.67. The predicted octanol–water partition coefficient (Wildman–Crippen LogP) is 3.38. The summed E-state index contributed by atoms with van der Waals surface area (Å²) in [5.41, 5.74) is 3.17.